The number of carbonyl (C=O) groups is 1. The number of nitro groups is 1. The zero-order chi connectivity index (χ0) is 10.3. The van der Waals surface area contributed by atoms with E-state index in [0.717, 1.165) is 0 Å². The molecule has 1 aromatic carbocycles. The van der Waals surface area contributed by atoms with Crippen LogP contribution < -0.4 is 0 Å². The van der Waals surface area contributed by atoms with Crippen molar-refractivity contribution in [2.75, 3.05) is 0 Å². The van der Waals surface area contributed by atoms with Gasteiger partial charge in [-0.25, -0.2) is 4.79 Å². The van der Waals surface area contributed by atoms with E-state index in [1.807, 2.05) is 0 Å². The number of esters is 1. The first-order valence-electron chi connectivity index (χ1n) is 3.74. The van der Waals surface area contributed by atoms with Crippen LogP contribution in [0, 0.1) is 10.1 Å². The molecule has 0 aromatic heterocycles. The number of cyclic esters (lactones) is 1. The van der Waals surface area contributed by atoms with E-state index in [2.05, 4.69) is 0 Å². The van der Waals surface area contributed by atoms with Crippen LogP contribution in [0.1, 0.15) is 15.9 Å². The third-order valence-corrected chi connectivity index (χ3v) is 2.35. The highest BCUT2D eigenvalue weighted by atomic mass is 35.5. The van der Waals surface area contributed by atoms with Crippen LogP contribution in [0.4, 0.5) is 5.69 Å². The predicted molar refractivity (Wildman–Crippen MR) is 47.2 cm³/mol. The number of fused-ring (bicyclic) bond motifs is 1. The summed E-state index contributed by atoms with van der Waals surface area (Å²) in [7, 11) is 0. The van der Waals surface area contributed by atoms with Crippen molar-refractivity contribution in [2.24, 2.45) is 0 Å². The summed E-state index contributed by atoms with van der Waals surface area (Å²) in [4.78, 5) is 21.0. The van der Waals surface area contributed by atoms with Gasteiger partial charge < -0.3 is 4.74 Å². The summed E-state index contributed by atoms with van der Waals surface area (Å²) in [5.41, 5.74) is 0.427. The van der Waals surface area contributed by atoms with E-state index in [1.54, 1.807) is 0 Å². The summed E-state index contributed by atoms with van der Waals surface area (Å²) in [6, 6.07) is 2.74. The van der Waals surface area contributed by atoms with Crippen molar-refractivity contribution in [1.29, 1.82) is 0 Å². The van der Waals surface area contributed by atoms with Crippen LogP contribution in [-0.2, 0) is 11.3 Å². The highest BCUT2D eigenvalue weighted by Crippen LogP contribution is 2.34. The van der Waals surface area contributed by atoms with Crippen molar-refractivity contribution in [2.45, 2.75) is 6.61 Å². The molecule has 0 fully saturated rings. The summed E-state index contributed by atoms with van der Waals surface area (Å²) in [6.07, 6.45) is 0. The molecule has 2 rings (SSSR count). The second kappa shape index (κ2) is 2.95. The molecular weight excluding hydrogens is 210 g/mol. The van der Waals surface area contributed by atoms with Gasteiger partial charge in [0.15, 0.2) is 0 Å². The molecule has 6 heteroatoms. The van der Waals surface area contributed by atoms with E-state index < -0.39 is 10.9 Å². The SMILES string of the molecule is O=C1OCc2ccc([N+](=O)[O-])c(Cl)c21. The molecule has 72 valence electrons. The molecule has 5 nitrogen and oxygen atoms in total. The van der Waals surface area contributed by atoms with Crippen molar-refractivity contribution < 1.29 is 14.5 Å². The van der Waals surface area contributed by atoms with Crippen molar-refractivity contribution in [3.05, 3.63) is 38.4 Å². The fraction of sp³-hybridized carbons (Fsp3) is 0.125. The number of nitrogens with zero attached hydrogens (tertiary/aromatic N) is 1. The Bertz CT molecular complexity index is 443. The molecule has 1 aromatic rings. The quantitative estimate of drug-likeness (QED) is 0.406. The van der Waals surface area contributed by atoms with Crippen molar-refractivity contribution >= 4 is 23.3 Å². The molecule has 0 unspecified atom stereocenters. The molecule has 1 heterocycles. The van der Waals surface area contributed by atoms with Gasteiger partial charge in [0.25, 0.3) is 5.69 Å². The van der Waals surface area contributed by atoms with Gasteiger partial charge >= 0.3 is 5.97 Å². The Morgan fingerprint density at radius 2 is 2.21 bits per heavy atom. The first-order valence-corrected chi connectivity index (χ1v) is 4.12. The van der Waals surface area contributed by atoms with Crippen LogP contribution >= 0.6 is 11.6 Å². The average Bonchev–Trinajstić information content (AvgIpc) is 2.48. The van der Waals surface area contributed by atoms with Gasteiger partial charge in [-0.1, -0.05) is 11.6 Å². The Kier molecular flexibility index (Phi) is 1.89. The number of ether oxygens (including phenoxy) is 1. The summed E-state index contributed by atoms with van der Waals surface area (Å²) in [5, 5.41) is 10.4. The minimum absolute atomic E-state index is 0.112. The monoisotopic (exact) mass is 213 g/mol. The van der Waals surface area contributed by atoms with Crippen LogP contribution in [-0.4, -0.2) is 10.9 Å². The molecular formula is C8H4ClNO4. The molecule has 0 spiro atoms. The standard InChI is InChI=1S/C8H4ClNO4/c9-7-5(10(12)13)2-1-4-3-14-8(11)6(4)7/h1-2H,3H2. The molecule has 0 amide bonds. The molecule has 0 saturated carbocycles. The van der Waals surface area contributed by atoms with Crippen LogP contribution in [0.2, 0.25) is 5.02 Å². The maximum absolute atomic E-state index is 11.1. The molecule has 0 saturated heterocycles. The van der Waals surface area contributed by atoms with Gasteiger partial charge in [-0.2, -0.15) is 0 Å². The van der Waals surface area contributed by atoms with E-state index in [1.165, 1.54) is 12.1 Å². The number of carbonyl (C=O) groups excluding carboxylic acids is 1. The van der Waals surface area contributed by atoms with Gasteiger partial charge in [0, 0.05) is 11.6 Å². The van der Waals surface area contributed by atoms with E-state index in [0.29, 0.717) is 5.56 Å². The second-order valence-corrected chi connectivity index (χ2v) is 3.14. The largest absolute Gasteiger partial charge is 0.457 e. The number of halogens is 1. The number of rotatable bonds is 1. The summed E-state index contributed by atoms with van der Waals surface area (Å²) >= 11 is 5.70. The fourth-order valence-corrected chi connectivity index (χ4v) is 1.63. The summed E-state index contributed by atoms with van der Waals surface area (Å²) in [6.45, 7) is 0.131. The lowest BCUT2D eigenvalue weighted by Crippen LogP contribution is -1.98. The normalized spacial score (nSPS) is 13.6. The lowest BCUT2D eigenvalue weighted by molar-refractivity contribution is -0.384. The van der Waals surface area contributed by atoms with Crippen molar-refractivity contribution in [3.63, 3.8) is 0 Å². The van der Waals surface area contributed by atoms with Gasteiger partial charge in [0.05, 0.1) is 10.5 Å². The Labute approximate surface area is 83.4 Å². The van der Waals surface area contributed by atoms with Gasteiger partial charge in [-0.05, 0) is 6.07 Å². The van der Waals surface area contributed by atoms with Gasteiger partial charge in [-0.15, -0.1) is 0 Å². The Morgan fingerprint density at radius 1 is 1.50 bits per heavy atom. The highest BCUT2D eigenvalue weighted by Gasteiger charge is 2.29. The molecule has 0 radical (unpaired) electrons. The van der Waals surface area contributed by atoms with E-state index in [-0.39, 0.29) is 22.9 Å². The van der Waals surface area contributed by atoms with E-state index in [9.17, 15) is 14.9 Å². The highest BCUT2D eigenvalue weighted by molar-refractivity contribution is 6.36. The van der Waals surface area contributed by atoms with Crippen molar-refractivity contribution in [3.8, 4) is 0 Å². The van der Waals surface area contributed by atoms with Crippen LogP contribution in [0.3, 0.4) is 0 Å². The van der Waals surface area contributed by atoms with Gasteiger partial charge in [-0.3, -0.25) is 10.1 Å². The molecule has 1 aliphatic heterocycles. The third kappa shape index (κ3) is 1.13. The lowest BCUT2D eigenvalue weighted by atomic mass is 10.1. The first kappa shape index (κ1) is 8.96. The van der Waals surface area contributed by atoms with E-state index in [4.69, 9.17) is 16.3 Å². The van der Waals surface area contributed by atoms with Crippen LogP contribution in [0.15, 0.2) is 12.1 Å². The maximum atomic E-state index is 11.1. The predicted octanol–water partition coefficient (Wildman–Crippen LogP) is 1.92. The Morgan fingerprint density at radius 3 is 2.86 bits per heavy atom. The minimum Gasteiger partial charge on any atom is -0.457 e. The van der Waals surface area contributed by atoms with Gasteiger partial charge in [0.2, 0.25) is 0 Å². The topological polar surface area (TPSA) is 69.4 Å². The summed E-state index contributed by atoms with van der Waals surface area (Å²) < 4.78 is 4.69. The molecule has 0 N–H and O–H groups in total. The Hall–Kier alpha value is -1.62. The zero-order valence-corrected chi connectivity index (χ0v) is 7.58. The fourth-order valence-electron chi connectivity index (χ4n) is 1.30. The maximum Gasteiger partial charge on any atom is 0.340 e. The minimum atomic E-state index is -0.631. The smallest absolute Gasteiger partial charge is 0.340 e. The first-order chi connectivity index (χ1) is 6.61. The number of benzene rings is 1. The third-order valence-electron chi connectivity index (χ3n) is 1.97. The Balaban J connectivity index is 2.67. The molecule has 0 aliphatic carbocycles. The van der Waals surface area contributed by atoms with E-state index >= 15 is 0 Å². The van der Waals surface area contributed by atoms with Gasteiger partial charge in [0.1, 0.15) is 11.6 Å². The second-order valence-electron chi connectivity index (χ2n) is 2.77. The zero-order valence-electron chi connectivity index (χ0n) is 6.82. The molecule has 0 bridgehead atoms. The number of hydrogen-bond donors (Lipinski definition) is 0. The molecule has 14 heavy (non-hydrogen) atoms. The van der Waals surface area contributed by atoms with Crippen molar-refractivity contribution in [1.82, 2.24) is 0 Å². The summed E-state index contributed by atoms with van der Waals surface area (Å²) in [5.74, 6) is -0.603. The lowest BCUT2D eigenvalue weighted by Gasteiger charge is -1.98. The molecule has 0 atom stereocenters. The van der Waals surface area contributed by atoms with Crippen LogP contribution in [0.5, 0.6) is 0 Å². The average molecular weight is 214 g/mol. The number of hydrogen-bond acceptors (Lipinski definition) is 4. The number of nitro benzene ring substituents is 1. The molecule has 1 aliphatic rings. The van der Waals surface area contributed by atoms with Crippen LogP contribution in [0.25, 0.3) is 0 Å².